The number of amides is 1. The monoisotopic (exact) mass is 448 g/mol. The van der Waals surface area contributed by atoms with Crippen LogP contribution in [0.3, 0.4) is 0 Å². The van der Waals surface area contributed by atoms with Crippen LogP contribution in [0.1, 0.15) is 28.8 Å². The van der Waals surface area contributed by atoms with Crippen LogP contribution in [0.25, 0.3) is 0 Å². The topological polar surface area (TPSA) is 94.2 Å². The summed E-state index contributed by atoms with van der Waals surface area (Å²) >= 11 is 0. The molecule has 1 aliphatic heterocycles. The van der Waals surface area contributed by atoms with Crippen molar-refractivity contribution in [3.05, 3.63) is 53.6 Å². The highest BCUT2D eigenvalue weighted by Gasteiger charge is 2.21. The van der Waals surface area contributed by atoms with Gasteiger partial charge < -0.3 is 19.1 Å². The summed E-state index contributed by atoms with van der Waals surface area (Å²) in [5.41, 5.74) is 1.19. The lowest BCUT2D eigenvalue weighted by Crippen LogP contribution is -2.32. The van der Waals surface area contributed by atoms with Crippen molar-refractivity contribution in [2.75, 3.05) is 34.4 Å². The molecule has 2 aromatic carbocycles. The fourth-order valence-electron chi connectivity index (χ4n) is 3.49. The van der Waals surface area contributed by atoms with E-state index < -0.39 is 10.0 Å². The summed E-state index contributed by atoms with van der Waals surface area (Å²) in [6.07, 6.45) is 1.71. The molecule has 0 unspecified atom stereocenters. The van der Waals surface area contributed by atoms with Crippen LogP contribution >= 0.6 is 0 Å². The molecule has 0 aliphatic carbocycles. The molecule has 1 fully saturated rings. The summed E-state index contributed by atoms with van der Waals surface area (Å²) < 4.78 is 43.7. The van der Waals surface area contributed by atoms with Gasteiger partial charge in [0.05, 0.1) is 25.2 Å². The summed E-state index contributed by atoms with van der Waals surface area (Å²) in [5.74, 6) is 0.926. The van der Waals surface area contributed by atoms with E-state index in [1.165, 1.54) is 29.2 Å². The minimum atomic E-state index is -3.66. The summed E-state index contributed by atoms with van der Waals surface area (Å²) in [4.78, 5) is 14.5. The van der Waals surface area contributed by atoms with E-state index >= 15 is 0 Å². The Hall–Kier alpha value is -2.62. The molecule has 1 aliphatic rings. The SMILES string of the molecule is COc1cccc(CN(C)C(=O)c2ccc(S(=O)(=O)NC[C@H]3CCCO3)cc2)c1OC. The lowest BCUT2D eigenvalue weighted by Gasteiger charge is -2.20. The Morgan fingerprint density at radius 3 is 2.52 bits per heavy atom. The fourth-order valence-corrected chi connectivity index (χ4v) is 4.56. The van der Waals surface area contributed by atoms with Crippen molar-refractivity contribution >= 4 is 15.9 Å². The predicted octanol–water partition coefficient (Wildman–Crippen LogP) is 2.43. The zero-order valence-electron chi connectivity index (χ0n) is 18.0. The third-order valence-electron chi connectivity index (χ3n) is 5.18. The van der Waals surface area contributed by atoms with E-state index in [1.54, 1.807) is 27.3 Å². The lowest BCUT2D eigenvalue weighted by molar-refractivity contribution is 0.0784. The number of nitrogens with zero attached hydrogens (tertiary/aromatic N) is 1. The first-order chi connectivity index (χ1) is 14.9. The van der Waals surface area contributed by atoms with Crippen LogP contribution in [0.4, 0.5) is 0 Å². The third kappa shape index (κ3) is 5.55. The number of methoxy groups -OCH3 is 2. The van der Waals surface area contributed by atoms with Gasteiger partial charge >= 0.3 is 0 Å². The van der Waals surface area contributed by atoms with Gasteiger partial charge in [0, 0.05) is 37.9 Å². The molecule has 0 bridgehead atoms. The Bertz CT molecular complexity index is 1000. The molecule has 31 heavy (non-hydrogen) atoms. The van der Waals surface area contributed by atoms with Gasteiger partial charge in [-0.1, -0.05) is 12.1 Å². The van der Waals surface area contributed by atoms with E-state index in [4.69, 9.17) is 14.2 Å². The van der Waals surface area contributed by atoms with Crippen molar-refractivity contribution in [1.82, 2.24) is 9.62 Å². The van der Waals surface area contributed by atoms with Crippen molar-refractivity contribution < 1.29 is 27.4 Å². The first-order valence-electron chi connectivity index (χ1n) is 10.0. The summed E-state index contributed by atoms with van der Waals surface area (Å²) in [7, 11) is 1.12. The number of nitrogens with one attached hydrogen (secondary N) is 1. The first-order valence-corrected chi connectivity index (χ1v) is 11.5. The van der Waals surface area contributed by atoms with E-state index in [-0.39, 0.29) is 23.5 Å². The Kier molecular flexibility index (Phi) is 7.53. The van der Waals surface area contributed by atoms with Crippen molar-refractivity contribution in [1.29, 1.82) is 0 Å². The second-order valence-electron chi connectivity index (χ2n) is 7.33. The molecule has 1 atom stereocenters. The number of ether oxygens (including phenoxy) is 3. The second kappa shape index (κ2) is 10.1. The maximum absolute atomic E-state index is 12.8. The van der Waals surface area contributed by atoms with Gasteiger partial charge in [-0.25, -0.2) is 13.1 Å². The average molecular weight is 449 g/mol. The van der Waals surface area contributed by atoms with Crippen LogP contribution in [-0.4, -0.2) is 59.7 Å². The van der Waals surface area contributed by atoms with E-state index in [0.29, 0.717) is 30.2 Å². The largest absolute Gasteiger partial charge is 0.493 e. The minimum Gasteiger partial charge on any atom is -0.493 e. The zero-order valence-corrected chi connectivity index (χ0v) is 18.8. The number of hydrogen-bond acceptors (Lipinski definition) is 6. The standard InChI is InChI=1S/C22H28N2O6S/c1-24(15-17-6-4-8-20(28-2)21(17)29-3)22(25)16-9-11-19(12-10-16)31(26,27)23-14-18-7-5-13-30-18/h4,6,8-12,18,23H,5,7,13-15H2,1-3H3/t18-/m1/s1. The number of para-hydroxylation sites is 1. The van der Waals surface area contributed by atoms with Gasteiger partial charge in [-0.3, -0.25) is 4.79 Å². The highest BCUT2D eigenvalue weighted by Crippen LogP contribution is 2.31. The predicted molar refractivity (Wildman–Crippen MR) is 116 cm³/mol. The quantitative estimate of drug-likeness (QED) is 0.633. The molecule has 1 amide bonds. The van der Waals surface area contributed by atoms with Crippen LogP contribution in [0.15, 0.2) is 47.4 Å². The molecular formula is C22H28N2O6S. The summed E-state index contributed by atoms with van der Waals surface area (Å²) in [6.45, 7) is 1.22. The molecule has 0 spiro atoms. The first kappa shape index (κ1) is 23.1. The number of hydrogen-bond donors (Lipinski definition) is 1. The summed E-state index contributed by atoms with van der Waals surface area (Å²) in [6, 6.07) is 11.4. The molecular weight excluding hydrogens is 420 g/mol. The van der Waals surface area contributed by atoms with E-state index in [2.05, 4.69) is 4.72 Å². The molecule has 0 aromatic heterocycles. The molecule has 168 valence electrons. The molecule has 3 rings (SSSR count). The normalized spacial score (nSPS) is 16.2. The lowest BCUT2D eigenvalue weighted by atomic mass is 10.1. The Balaban J connectivity index is 1.67. The molecule has 1 heterocycles. The van der Waals surface area contributed by atoms with Gasteiger partial charge in [-0.15, -0.1) is 0 Å². The van der Waals surface area contributed by atoms with Crippen LogP contribution in [0, 0.1) is 0 Å². The molecule has 0 saturated carbocycles. The highest BCUT2D eigenvalue weighted by atomic mass is 32.2. The van der Waals surface area contributed by atoms with E-state index in [9.17, 15) is 13.2 Å². The van der Waals surface area contributed by atoms with Crippen molar-refractivity contribution in [2.45, 2.75) is 30.4 Å². The molecule has 1 N–H and O–H groups in total. The number of benzene rings is 2. The van der Waals surface area contributed by atoms with E-state index in [0.717, 1.165) is 18.4 Å². The average Bonchev–Trinajstić information content (AvgIpc) is 3.31. The van der Waals surface area contributed by atoms with Crippen LogP contribution in [0.5, 0.6) is 11.5 Å². The van der Waals surface area contributed by atoms with Crippen LogP contribution < -0.4 is 14.2 Å². The highest BCUT2D eigenvalue weighted by molar-refractivity contribution is 7.89. The van der Waals surface area contributed by atoms with E-state index in [1.807, 2.05) is 12.1 Å². The number of rotatable bonds is 9. The number of carbonyl (C=O) groups is 1. The molecule has 8 nitrogen and oxygen atoms in total. The van der Waals surface area contributed by atoms with Gasteiger partial charge in [0.15, 0.2) is 11.5 Å². The molecule has 2 aromatic rings. The van der Waals surface area contributed by atoms with Crippen molar-refractivity contribution in [2.24, 2.45) is 0 Å². The Labute approximate surface area is 183 Å². The van der Waals surface area contributed by atoms with Crippen molar-refractivity contribution in [3.8, 4) is 11.5 Å². The zero-order chi connectivity index (χ0) is 22.4. The van der Waals surface area contributed by atoms with Gasteiger partial charge in [-0.2, -0.15) is 0 Å². The maximum atomic E-state index is 12.8. The Morgan fingerprint density at radius 1 is 1.16 bits per heavy atom. The van der Waals surface area contributed by atoms with Gasteiger partial charge in [-0.05, 0) is 43.2 Å². The van der Waals surface area contributed by atoms with Gasteiger partial charge in [0.2, 0.25) is 10.0 Å². The molecule has 0 radical (unpaired) electrons. The number of carbonyl (C=O) groups excluding carboxylic acids is 1. The third-order valence-corrected chi connectivity index (χ3v) is 6.61. The maximum Gasteiger partial charge on any atom is 0.253 e. The summed E-state index contributed by atoms with van der Waals surface area (Å²) in [5, 5.41) is 0. The van der Waals surface area contributed by atoms with Crippen molar-refractivity contribution in [3.63, 3.8) is 0 Å². The minimum absolute atomic E-state index is 0.0853. The second-order valence-corrected chi connectivity index (χ2v) is 9.09. The van der Waals surface area contributed by atoms with Crippen LogP contribution in [0.2, 0.25) is 0 Å². The molecule has 9 heteroatoms. The molecule has 1 saturated heterocycles. The number of sulfonamides is 1. The van der Waals surface area contributed by atoms with Crippen LogP contribution in [-0.2, 0) is 21.3 Å². The van der Waals surface area contributed by atoms with Gasteiger partial charge in [0.25, 0.3) is 5.91 Å². The smallest absolute Gasteiger partial charge is 0.253 e. The Morgan fingerprint density at radius 2 is 1.90 bits per heavy atom. The van der Waals surface area contributed by atoms with Gasteiger partial charge in [0.1, 0.15) is 0 Å². The fraction of sp³-hybridized carbons (Fsp3) is 0.409.